The number of hydrogen-bond acceptors (Lipinski definition) is 3. The molecule has 0 spiro atoms. The third-order valence-corrected chi connectivity index (χ3v) is 4.15. The Morgan fingerprint density at radius 2 is 1.88 bits per heavy atom. The molecule has 0 aliphatic carbocycles. The van der Waals surface area contributed by atoms with Gasteiger partial charge in [-0.05, 0) is 17.7 Å². The van der Waals surface area contributed by atoms with Gasteiger partial charge in [0.05, 0.1) is 5.75 Å². The molecule has 0 aliphatic rings. The molecule has 17 heavy (non-hydrogen) atoms. The van der Waals surface area contributed by atoms with Gasteiger partial charge in [0.2, 0.25) is 10.0 Å². The standard InChI is InChI=1S/C11H17BrN2O2S/c1-2-14-17(15,16)8-7-13-9-10-3-5-11(12)6-4-10/h3-6,13-14H,2,7-9H2,1H3. The molecule has 1 aromatic carbocycles. The molecule has 96 valence electrons. The zero-order valence-electron chi connectivity index (χ0n) is 9.74. The number of halogens is 1. The molecule has 2 N–H and O–H groups in total. The molecular weight excluding hydrogens is 304 g/mol. The van der Waals surface area contributed by atoms with Crippen molar-refractivity contribution in [3.8, 4) is 0 Å². The minimum Gasteiger partial charge on any atom is -0.312 e. The second-order valence-electron chi connectivity index (χ2n) is 3.62. The van der Waals surface area contributed by atoms with E-state index in [1.807, 2.05) is 24.3 Å². The highest BCUT2D eigenvalue weighted by Gasteiger charge is 2.06. The Balaban J connectivity index is 2.27. The summed E-state index contributed by atoms with van der Waals surface area (Å²) in [6, 6.07) is 7.92. The molecule has 0 radical (unpaired) electrons. The van der Waals surface area contributed by atoms with E-state index in [1.54, 1.807) is 6.92 Å². The van der Waals surface area contributed by atoms with Crippen molar-refractivity contribution >= 4 is 26.0 Å². The molecule has 0 unspecified atom stereocenters. The first kappa shape index (κ1) is 14.6. The van der Waals surface area contributed by atoms with Gasteiger partial charge in [-0.15, -0.1) is 0 Å². The average molecular weight is 321 g/mol. The van der Waals surface area contributed by atoms with Crippen molar-refractivity contribution < 1.29 is 8.42 Å². The van der Waals surface area contributed by atoms with Crippen LogP contribution < -0.4 is 10.0 Å². The van der Waals surface area contributed by atoms with Gasteiger partial charge in [0.25, 0.3) is 0 Å². The number of sulfonamides is 1. The van der Waals surface area contributed by atoms with Gasteiger partial charge in [-0.25, -0.2) is 13.1 Å². The van der Waals surface area contributed by atoms with E-state index in [4.69, 9.17) is 0 Å². The first-order valence-electron chi connectivity index (χ1n) is 5.46. The highest BCUT2D eigenvalue weighted by Crippen LogP contribution is 2.09. The lowest BCUT2D eigenvalue weighted by Crippen LogP contribution is -2.31. The van der Waals surface area contributed by atoms with Crippen LogP contribution in [0, 0.1) is 0 Å². The molecule has 0 aliphatic heterocycles. The third kappa shape index (κ3) is 6.16. The highest BCUT2D eigenvalue weighted by molar-refractivity contribution is 9.10. The van der Waals surface area contributed by atoms with Crippen LogP contribution in [0.4, 0.5) is 0 Å². The molecule has 0 saturated heterocycles. The van der Waals surface area contributed by atoms with E-state index in [9.17, 15) is 8.42 Å². The summed E-state index contributed by atoms with van der Waals surface area (Å²) >= 11 is 3.36. The zero-order valence-corrected chi connectivity index (χ0v) is 12.1. The normalized spacial score (nSPS) is 11.6. The molecule has 0 fully saturated rings. The summed E-state index contributed by atoms with van der Waals surface area (Å²) in [5, 5.41) is 3.10. The van der Waals surface area contributed by atoms with Crippen LogP contribution in [0.15, 0.2) is 28.7 Å². The van der Waals surface area contributed by atoms with E-state index in [1.165, 1.54) is 0 Å². The van der Waals surface area contributed by atoms with Gasteiger partial charge in [-0.2, -0.15) is 0 Å². The van der Waals surface area contributed by atoms with Crippen molar-refractivity contribution in [2.45, 2.75) is 13.5 Å². The monoisotopic (exact) mass is 320 g/mol. The Hall–Kier alpha value is -0.430. The SMILES string of the molecule is CCNS(=O)(=O)CCNCc1ccc(Br)cc1. The van der Waals surface area contributed by atoms with E-state index in [0.29, 0.717) is 19.6 Å². The minimum atomic E-state index is -3.11. The first-order chi connectivity index (χ1) is 8.03. The molecule has 1 rings (SSSR count). The second-order valence-corrected chi connectivity index (χ2v) is 6.46. The zero-order chi connectivity index (χ0) is 12.7. The lowest BCUT2D eigenvalue weighted by molar-refractivity contribution is 0.578. The molecule has 0 heterocycles. The van der Waals surface area contributed by atoms with Crippen molar-refractivity contribution in [2.75, 3.05) is 18.8 Å². The molecule has 0 bridgehead atoms. The molecule has 4 nitrogen and oxygen atoms in total. The van der Waals surface area contributed by atoms with E-state index in [2.05, 4.69) is 26.0 Å². The van der Waals surface area contributed by atoms with Gasteiger partial charge in [0.1, 0.15) is 0 Å². The Morgan fingerprint density at radius 1 is 1.24 bits per heavy atom. The molecule has 0 saturated carbocycles. The molecule has 0 atom stereocenters. The Morgan fingerprint density at radius 3 is 2.47 bits per heavy atom. The van der Waals surface area contributed by atoms with Crippen LogP contribution in [0.25, 0.3) is 0 Å². The summed E-state index contributed by atoms with van der Waals surface area (Å²) in [4.78, 5) is 0. The van der Waals surface area contributed by atoms with E-state index < -0.39 is 10.0 Å². The number of benzene rings is 1. The third-order valence-electron chi connectivity index (χ3n) is 2.15. The maximum atomic E-state index is 11.3. The number of rotatable bonds is 7. The smallest absolute Gasteiger partial charge is 0.212 e. The maximum absolute atomic E-state index is 11.3. The molecule has 0 aromatic heterocycles. The fraction of sp³-hybridized carbons (Fsp3) is 0.455. The van der Waals surface area contributed by atoms with Gasteiger partial charge in [-0.3, -0.25) is 0 Å². The van der Waals surface area contributed by atoms with Crippen LogP contribution >= 0.6 is 15.9 Å². The van der Waals surface area contributed by atoms with Gasteiger partial charge in [0, 0.05) is 24.1 Å². The predicted octanol–water partition coefficient (Wildman–Crippen LogP) is 1.48. The van der Waals surface area contributed by atoms with Crippen molar-refractivity contribution in [1.82, 2.24) is 10.0 Å². The summed E-state index contributed by atoms with van der Waals surface area (Å²) in [5.74, 6) is 0.109. The van der Waals surface area contributed by atoms with Crippen molar-refractivity contribution in [3.63, 3.8) is 0 Å². The summed E-state index contributed by atoms with van der Waals surface area (Å²) in [6.45, 7) is 3.34. The average Bonchev–Trinajstić information content (AvgIpc) is 2.27. The lowest BCUT2D eigenvalue weighted by Gasteiger charge is -2.06. The fourth-order valence-electron chi connectivity index (χ4n) is 1.33. The van der Waals surface area contributed by atoms with Gasteiger partial charge in [0.15, 0.2) is 0 Å². The van der Waals surface area contributed by atoms with Gasteiger partial charge >= 0.3 is 0 Å². The largest absolute Gasteiger partial charge is 0.312 e. The van der Waals surface area contributed by atoms with Crippen LogP contribution in [0.2, 0.25) is 0 Å². The topological polar surface area (TPSA) is 58.2 Å². The first-order valence-corrected chi connectivity index (χ1v) is 7.90. The van der Waals surface area contributed by atoms with Crippen LogP contribution in [0.5, 0.6) is 0 Å². The Bertz CT molecular complexity index is 431. The summed E-state index contributed by atoms with van der Waals surface area (Å²) in [7, 11) is -3.11. The fourth-order valence-corrected chi connectivity index (χ4v) is 2.60. The highest BCUT2D eigenvalue weighted by atomic mass is 79.9. The van der Waals surface area contributed by atoms with Crippen molar-refractivity contribution in [3.05, 3.63) is 34.3 Å². The van der Waals surface area contributed by atoms with E-state index in [-0.39, 0.29) is 5.75 Å². The summed E-state index contributed by atoms with van der Waals surface area (Å²) in [6.07, 6.45) is 0. The molecular formula is C11H17BrN2O2S. The maximum Gasteiger partial charge on any atom is 0.212 e. The van der Waals surface area contributed by atoms with E-state index in [0.717, 1.165) is 10.0 Å². The second kappa shape index (κ2) is 7.10. The van der Waals surface area contributed by atoms with Crippen LogP contribution in [-0.4, -0.2) is 27.3 Å². The predicted molar refractivity (Wildman–Crippen MR) is 73.3 cm³/mol. The molecule has 1 aromatic rings. The number of hydrogen-bond donors (Lipinski definition) is 2. The van der Waals surface area contributed by atoms with Crippen molar-refractivity contribution in [2.24, 2.45) is 0 Å². The van der Waals surface area contributed by atoms with Crippen LogP contribution in [0.1, 0.15) is 12.5 Å². The van der Waals surface area contributed by atoms with E-state index >= 15 is 0 Å². The van der Waals surface area contributed by atoms with Gasteiger partial charge in [-0.1, -0.05) is 35.0 Å². The van der Waals surface area contributed by atoms with Crippen LogP contribution in [0.3, 0.4) is 0 Å². The quantitative estimate of drug-likeness (QED) is 0.748. The minimum absolute atomic E-state index is 0.109. The Kier molecular flexibility index (Phi) is 6.11. The van der Waals surface area contributed by atoms with Crippen LogP contribution in [-0.2, 0) is 16.6 Å². The van der Waals surface area contributed by atoms with Gasteiger partial charge < -0.3 is 5.32 Å². The Labute approximate surface area is 111 Å². The summed E-state index contributed by atoms with van der Waals surface area (Å²) < 4.78 is 26.2. The molecule has 6 heteroatoms. The summed E-state index contributed by atoms with van der Waals surface area (Å²) in [5.41, 5.74) is 1.13. The lowest BCUT2D eigenvalue weighted by atomic mass is 10.2. The molecule has 0 amide bonds. The van der Waals surface area contributed by atoms with Crippen molar-refractivity contribution in [1.29, 1.82) is 0 Å². The number of nitrogens with one attached hydrogen (secondary N) is 2.